The van der Waals surface area contributed by atoms with Gasteiger partial charge in [-0.25, -0.2) is 0 Å². The predicted octanol–water partition coefficient (Wildman–Crippen LogP) is 6.71. The largest absolute Gasteiger partial charge is 1.00 e. The number of fused-ring (bicyclic) bond motifs is 6. The zero-order valence-corrected chi connectivity index (χ0v) is 33.0. The Bertz CT molecular complexity index is 1930. The fourth-order valence-electron chi connectivity index (χ4n) is 7.80. The van der Waals surface area contributed by atoms with Crippen LogP contribution < -0.4 is 73.8 Å². The third kappa shape index (κ3) is 5.11. The van der Waals surface area contributed by atoms with Gasteiger partial charge in [-0.15, -0.1) is 6.08 Å². The molecule has 2 nitrogen and oxygen atoms in total. The molecule has 0 N–H and O–H groups in total. The fourth-order valence-corrected chi connectivity index (χ4v) is 7.80. The van der Waals surface area contributed by atoms with Crippen LogP contribution in [0.1, 0.15) is 58.1 Å². The Kier molecular flexibility index (Phi) is 8.38. The summed E-state index contributed by atoms with van der Waals surface area (Å²) >= 11 is 0. The van der Waals surface area contributed by atoms with Gasteiger partial charge < -0.3 is 4.90 Å². The van der Waals surface area contributed by atoms with Crippen LogP contribution >= 0.6 is 0 Å². The first-order chi connectivity index (χ1) is 20.2. The monoisotopic (exact) mass is 681 g/mol. The van der Waals surface area contributed by atoms with E-state index in [9.17, 15) is 0 Å². The first kappa shape index (κ1) is 30.9. The predicted molar refractivity (Wildman–Crippen MR) is 179 cm³/mol. The van der Waals surface area contributed by atoms with Crippen molar-refractivity contribution in [2.45, 2.75) is 57.8 Å². The third-order valence-corrected chi connectivity index (χ3v) is 9.89. The second kappa shape index (κ2) is 11.7. The Morgan fingerprint density at radius 3 is 2.12 bits per heavy atom. The Morgan fingerprint density at radius 2 is 1.40 bits per heavy atom. The van der Waals surface area contributed by atoms with Crippen molar-refractivity contribution in [3.05, 3.63) is 131 Å². The van der Waals surface area contributed by atoms with E-state index >= 15 is 0 Å². The molecule has 4 aromatic rings. The molecule has 0 radical (unpaired) electrons. The minimum absolute atomic E-state index is 0. The topological polar surface area (TPSA) is 6.25 Å². The molecule has 0 unspecified atom stereocenters. The molecule has 7 rings (SSSR count). The van der Waals surface area contributed by atoms with Crippen LogP contribution in [0.5, 0.6) is 0 Å². The molecule has 0 fully saturated rings. The average molecular weight is 682 g/mol. The normalized spacial score (nSPS) is 20.7. The molecule has 3 heteroatoms. The average Bonchev–Trinajstić information content (AvgIpc) is 3.32. The molecule has 210 valence electrons. The smallest absolute Gasteiger partial charge is 0.348 e. The van der Waals surface area contributed by atoms with E-state index in [-0.39, 0.29) is 79.7 Å². The molecule has 0 spiro atoms. The summed E-state index contributed by atoms with van der Waals surface area (Å²) < 4.78 is 2.38. The summed E-state index contributed by atoms with van der Waals surface area (Å²) in [6, 6.07) is 26.6. The van der Waals surface area contributed by atoms with Crippen LogP contribution in [0, 0.1) is 6.08 Å². The van der Waals surface area contributed by atoms with Crippen molar-refractivity contribution in [3.8, 4) is 0 Å². The van der Waals surface area contributed by atoms with E-state index in [1.807, 2.05) is 0 Å². The van der Waals surface area contributed by atoms with Gasteiger partial charge in [-0.3, -0.25) is 0 Å². The Morgan fingerprint density at radius 1 is 0.744 bits per heavy atom. The number of hydrogen-bond donors (Lipinski definition) is 0. The molecule has 1 aliphatic carbocycles. The van der Waals surface area contributed by atoms with Crippen LogP contribution in [-0.4, -0.2) is 24.4 Å². The maximum atomic E-state index is 3.78. The van der Waals surface area contributed by atoms with Crippen LogP contribution in [0.2, 0.25) is 0 Å². The van der Waals surface area contributed by atoms with Gasteiger partial charge in [0.25, 0.3) is 0 Å². The van der Waals surface area contributed by atoms with Gasteiger partial charge in [0.2, 0.25) is 5.69 Å². The van der Waals surface area contributed by atoms with Gasteiger partial charge in [-0.1, -0.05) is 87.4 Å². The van der Waals surface area contributed by atoms with Crippen molar-refractivity contribution in [2.75, 3.05) is 19.0 Å². The first-order valence-electron chi connectivity index (χ1n) is 15.3. The van der Waals surface area contributed by atoms with Crippen molar-refractivity contribution < 1.29 is 73.5 Å². The zero-order valence-electron chi connectivity index (χ0n) is 26.8. The SMILES string of the molecule is CN1/C(=C/C=C2[C-]=C(/C=C/C3=[N+](C)c4ccc5ccccc5c4C3(C)C)CCC/2)C(C)(C)c2c1ccc1ccccc21.[Cs+]. The van der Waals surface area contributed by atoms with Crippen LogP contribution in [0.25, 0.3) is 21.5 Å². The van der Waals surface area contributed by atoms with E-state index in [0.29, 0.717) is 0 Å². The Hall–Kier alpha value is -2.12. The van der Waals surface area contributed by atoms with Gasteiger partial charge in [0.05, 0.1) is 5.41 Å². The van der Waals surface area contributed by atoms with Gasteiger partial charge in [-0.2, -0.15) is 27.9 Å². The van der Waals surface area contributed by atoms with Crippen molar-refractivity contribution in [2.24, 2.45) is 0 Å². The number of anilines is 1. The minimum Gasteiger partial charge on any atom is -0.348 e. The number of likely N-dealkylation sites (N-methyl/N-ethyl adjacent to an activating group) is 1. The molecule has 0 bridgehead atoms. The summed E-state index contributed by atoms with van der Waals surface area (Å²) in [5.41, 5.74) is 10.6. The molecule has 43 heavy (non-hydrogen) atoms. The quantitative estimate of drug-likeness (QED) is 0.172. The van der Waals surface area contributed by atoms with Crippen LogP contribution in [0.3, 0.4) is 0 Å². The summed E-state index contributed by atoms with van der Waals surface area (Å²) in [4.78, 5) is 2.38. The van der Waals surface area contributed by atoms with Gasteiger partial charge in [0.15, 0.2) is 5.71 Å². The zero-order chi connectivity index (χ0) is 29.2. The standard InChI is InChI=1S/C40H40N2.Cs/c1-39(2)35(41(5)33-22-20-29-14-7-9-16-31(29)37(33)39)24-18-27-12-11-13-28(26-27)19-25-36-40(3,4)38-32-17-10-8-15-30(32)21-23-34(38)42(36)6;/h7-10,14-25H,11-13H2,1-6H3;/q;+1. The van der Waals surface area contributed by atoms with E-state index in [4.69, 9.17) is 0 Å². The van der Waals surface area contributed by atoms with Gasteiger partial charge in [0, 0.05) is 35.5 Å². The summed E-state index contributed by atoms with van der Waals surface area (Å²) in [6.45, 7) is 9.44. The van der Waals surface area contributed by atoms with E-state index in [1.54, 1.807) is 0 Å². The number of nitrogens with zero attached hydrogens (tertiary/aromatic N) is 2. The summed E-state index contributed by atoms with van der Waals surface area (Å²) in [7, 11) is 4.42. The Labute approximate surface area is 316 Å². The number of hydrogen-bond acceptors (Lipinski definition) is 1. The van der Waals surface area contributed by atoms with Crippen LogP contribution in [0.15, 0.2) is 114 Å². The molecular weight excluding hydrogens is 641 g/mol. The molecule has 2 aliphatic heterocycles. The van der Waals surface area contributed by atoms with Crippen molar-refractivity contribution >= 4 is 38.6 Å². The van der Waals surface area contributed by atoms with Gasteiger partial charge >= 0.3 is 68.9 Å². The van der Waals surface area contributed by atoms with Crippen molar-refractivity contribution in [1.82, 2.24) is 0 Å². The number of rotatable bonds is 3. The molecular formula is C40H40CsN2+. The second-order valence-corrected chi connectivity index (χ2v) is 13.2. The number of allylic oxidation sites excluding steroid dienone is 8. The maximum absolute atomic E-state index is 3.78. The van der Waals surface area contributed by atoms with Crippen LogP contribution in [0.4, 0.5) is 11.4 Å². The molecule has 2 heterocycles. The van der Waals surface area contributed by atoms with Gasteiger partial charge in [0.1, 0.15) is 7.05 Å². The molecule has 0 saturated heterocycles. The molecule has 0 atom stereocenters. The van der Waals surface area contributed by atoms with Gasteiger partial charge in [-0.05, 0) is 65.6 Å². The van der Waals surface area contributed by atoms with Crippen molar-refractivity contribution in [1.29, 1.82) is 0 Å². The molecule has 3 aliphatic rings. The minimum atomic E-state index is -0.0718. The van der Waals surface area contributed by atoms with Crippen molar-refractivity contribution in [3.63, 3.8) is 0 Å². The van der Waals surface area contributed by atoms with E-state index in [0.717, 1.165) is 19.3 Å². The van der Waals surface area contributed by atoms with E-state index < -0.39 is 0 Å². The number of benzene rings is 4. The third-order valence-electron chi connectivity index (χ3n) is 9.89. The Balaban J connectivity index is 0.00000329. The maximum Gasteiger partial charge on any atom is 1.00 e. The second-order valence-electron chi connectivity index (χ2n) is 13.2. The summed E-state index contributed by atoms with van der Waals surface area (Å²) in [6.07, 6.45) is 16.4. The first-order valence-corrected chi connectivity index (χ1v) is 15.3. The molecule has 0 saturated carbocycles. The molecule has 0 aromatic heterocycles. The van der Waals surface area contributed by atoms with E-state index in [2.05, 4.69) is 154 Å². The molecule has 4 aromatic carbocycles. The summed E-state index contributed by atoms with van der Waals surface area (Å²) in [5, 5.41) is 5.32. The molecule has 0 amide bonds. The summed E-state index contributed by atoms with van der Waals surface area (Å²) in [5.74, 6) is 0. The van der Waals surface area contributed by atoms with Crippen LogP contribution in [-0.2, 0) is 10.8 Å². The van der Waals surface area contributed by atoms with E-state index in [1.165, 1.54) is 66.6 Å². The fraction of sp³-hybridized carbons (Fsp3) is 0.275.